The van der Waals surface area contributed by atoms with E-state index in [1.165, 1.54) is 7.11 Å². The molecule has 1 heterocycles. The van der Waals surface area contributed by atoms with Gasteiger partial charge in [0.05, 0.1) is 29.5 Å². The maximum Gasteiger partial charge on any atom is 0.337 e. The highest BCUT2D eigenvalue weighted by atomic mass is 16.5. The lowest BCUT2D eigenvalue weighted by Crippen LogP contribution is -2.45. The molecule has 0 aromatic heterocycles. The maximum absolute atomic E-state index is 13.7. The summed E-state index contributed by atoms with van der Waals surface area (Å²) in [4.78, 5) is 30.5. The molecule has 0 bridgehead atoms. The number of nitrogens with one attached hydrogen (secondary N) is 1. The molecule has 1 aliphatic carbocycles. The summed E-state index contributed by atoms with van der Waals surface area (Å²) in [5.74, 6) is -0.396. The number of piperazine rings is 1. The van der Waals surface area contributed by atoms with E-state index >= 15 is 0 Å². The van der Waals surface area contributed by atoms with Gasteiger partial charge in [0.25, 0.3) is 0 Å². The van der Waals surface area contributed by atoms with E-state index < -0.39 is 11.4 Å². The van der Waals surface area contributed by atoms with Gasteiger partial charge in [-0.25, -0.2) is 4.79 Å². The van der Waals surface area contributed by atoms with Crippen molar-refractivity contribution in [1.29, 1.82) is 0 Å². The molecule has 2 aliphatic rings. The molecule has 164 valence electrons. The van der Waals surface area contributed by atoms with Crippen molar-refractivity contribution in [2.24, 2.45) is 0 Å². The molecule has 0 atom stereocenters. The van der Waals surface area contributed by atoms with Gasteiger partial charge in [0.2, 0.25) is 5.91 Å². The molecule has 6 heteroatoms. The maximum atomic E-state index is 13.7. The van der Waals surface area contributed by atoms with Crippen molar-refractivity contribution in [1.82, 2.24) is 4.90 Å². The Hall–Kier alpha value is -2.86. The number of anilines is 2. The van der Waals surface area contributed by atoms with Crippen LogP contribution >= 0.6 is 0 Å². The van der Waals surface area contributed by atoms with Crippen molar-refractivity contribution in [2.75, 3.05) is 50.6 Å². The zero-order valence-corrected chi connectivity index (χ0v) is 18.4. The number of carbonyl (C=O) groups excluding carboxylic acids is 2. The van der Waals surface area contributed by atoms with Crippen molar-refractivity contribution in [3.63, 3.8) is 0 Å². The molecular weight excluding hydrogens is 390 g/mol. The SMILES string of the molecule is COC(=O)c1ccc(N2CCN(C)CC2)c(NC(=O)C2(c3ccccc3)CCCC2)c1. The van der Waals surface area contributed by atoms with E-state index in [0.29, 0.717) is 11.3 Å². The van der Waals surface area contributed by atoms with Crippen LogP contribution in [0.4, 0.5) is 11.4 Å². The number of methoxy groups -OCH3 is 1. The van der Waals surface area contributed by atoms with Gasteiger partial charge in [-0.1, -0.05) is 43.2 Å². The number of nitrogens with zero attached hydrogens (tertiary/aromatic N) is 2. The van der Waals surface area contributed by atoms with Gasteiger partial charge < -0.3 is 19.9 Å². The lowest BCUT2D eigenvalue weighted by atomic mass is 9.78. The Kier molecular flexibility index (Phi) is 6.28. The molecule has 1 saturated heterocycles. The number of amides is 1. The molecule has 1 amide bonds. The zero-order valence-electron chi connectivity index (χ0n) is 18.4. The standard InChI is InChI=1S/C25H31N3O3/c1-27-14-16-28(17-15-27)22-11-10-19(23(29)31-2)18-21(22)26-24(30)25(12-6-7-13-25)20-8-4-3-5-9-20/h3-5,8-11,18H,6-7,12-17H2,1-2H3,(H,26,30). The minimum absolute atomic E-state index is 0.00796. The summed E-state index contributed by atoms with van der Waals surface area (Å²) < 4.78 is 4.91. The first-order valence-corrected chi connectivity index (χ1v) is 11.1. The van der Waals surface area contributed by atoms with E-state index in [9.17, 15) is 9.59 Å². The molecule has 2 aromatic carbocycles. The Morgan fingerprint density at radius 3 is 2.29 bits per heavy atom. The summed E-state index contributed by atoms with van der Waals surface area (Å²) in [6, 6.07) is 15.5. The van der Waals surface area contributed by atoms with Crippen molar-refractivity contribution in [3.8, 4) is 0 Å². The highest BCUT2D eigenvalue weighted by Crippen LogP contribution is 2.42. The van der Waals surface area contributed by atoms with Crippen molar-refractivity contribution in [3.05, 3.63) is 59.7 Å². The van der Waals surface area contributed by atoms with Gasteiger partial charge in [-0.2, -0.15) is 0 Å². The molecular formula is C25H31N3O3. The number of hydrogen-bond acceptors (Lipinski definition) is 5. The average Bonchev–Trinajstić information content (AvgIpc) is 3.31. The quantitative estimate of drug-likeness (QED) is 0.747. The van der Waals surface area contributed by atoms with Crippen LogP contribution in [-0.4, -0.2) is 57.1 Å². The van der Waals surface area contributed by atoms with E-state index in [-0.39, 0.29) is 5.91 Å². The predicted octanol–water partition coefficient (Wildman–Crippen LogP) is 3.68. The van der Waals surface area contributed by atoms with E-state index in [2.05, 4.69) is 34.3 Å². The van der Waals surface area contributed by atoms with Crippen LogP contribution in [0.5, 0.6) is 0 Å². The zero-order chi connectivity index (χ0) is 21.8. The number of ether oxygens (including phenoxy) is 1. The molecule has 1 saturated carbocycles. The van der Waals surface area contributed by atoms with Gasteiger partial charge in [-0.3, -0.25) is 4.79 Å². The summed E-state index contributed by atoms with van der Waals surface area (Å²) >= 11 is 0. The van der Waals surface area contributed by atoms with Gasteiger partial charge in [0.1, 0.15) is 0 Å². The van der Waals surface area contributed by atoms with E-state index in [1.54, 1.807) is 12.1 Å². The molecule has 0 unspecified atom stereocenters. The molecule has 0 spiro atoms. The summed E-state index contributed by atoms with van der Waals surface area (Å²) in [5, 5.41) is 3.22. The van der Waals surface area contributed by atoms with Crippen LogP contribution in [0.2, 0.25) is 0 Å². The molecule has 6 nitrogen and oxygen atoms in total. The van der Waals surface area contributed by atoms with Crippen molar-refractivity contribution in [2.45, 2.75) is 31.1 Å². The smallest absolute Gasteiger partial charge is 0.337 e. The lowest BCUT2D eigenvalue weighted by Gasteiger charge is -2.36. The molecule has 1 N–H and O–H groups in total. The normalized spacial score (nSPS) is 18.6. The number of carbonyl (C=O) groups is 2. The van der Waals surface area contributed by atoms with E-state index in [4.69, 9.17) is 4.74 Å². The monoisotopic (exact) mass is 421 g/mol. The summed E-state index contributed by atoms with van der Waals surface area (Å²) in [5.41, 5.74) is 2.61. The Bertz CT molecular complexity index is 930. The first-order chi connectivity index (χ1) is 15.0. The second kappa shape index (κ2) is 9.10. The van der Waals surface area contributed by atoms with Gasteiger partial charge in [-0.05, 0) is 43.7 Å². The van der Waals surface area contributed by atoms with Crippen LogP contribution in [-0.2, 0) is 14.9 Å². The molecule has 4 rings (SSSR count). The fourth-order valence-corrected chi connectivity index (χ4v) is 4.83. The fourth-order valence-electron chi connectivity index (χ4n) is 4.83. The number of likely N-dealkylation sites (N-methyl/N-ethyl adjacent to an activating group) is 1. The number of hydrogen-bond donors (Lipinski definition) is 1. The fraction of sp³-hybridized carbons (Fsp3) is 0.440. The third-order valence-corrected chi connectivity index (χ3v) is 6.73. The lowest BCUT2D eigenvalue weighted by molar-refractivity contribution is -0.121. The first kappa shape index (κ1) is 21.4. The van der Waals surface area contributed by atoms with Crippen LogP contribution in [0, 0.1) is 0 Å². The second-order valence-corrected chi connectivity index (χ2v) is 8.62. The third-order valence-electron chi connectivity index (χ3n) is 6.73. The summed E-state index contributed by atoms with van der Waals surface area (Å²) in [6.45, 7) is 3.67. The topological polar surface area (TPSA) is 61.9 Å². The van der Waals surface area contributed by atoms with Crippen LogP contribution in [0.25, 0.3) is 0 Å². The predicted molar refractivity (Wildman–Crippen MR) is 123 cm³/mol. The van der Waals surface area contributed by atoms with Crippen LogP contribution in [0.15, 0.2) is 48.5 Å². The van der Waals surface area contributed by atoms with Crippen molar-refractivity contribution >= 4 is 23.3 Å². The molecule has 0 radical (unpaired) electrons. The molecule has 2 aromatic rings. The van der Waals surface area contributed by atoms with E-state index in [0.717, 1.165) is 63.1 Å². The average molecular weight is 422 g/mol. The van der Waals surface area contributed by atoms with Crippen LogP contribution in [0.1, 0.15) is 41.6 Å². The largest absolute Gasteiger partial charge is 0.465 e. The Morgan fingerprint density at radius 2 is 1.65 bits per heavy atom. The highest BCUT2D eigenvalue weighted by molar-refractivity contribution is 6.03. The number of benzene rings is 2. The first-order valence-electron chi connectivity index (χ1n) is 11.1. The number of esters is 1. The van der Waals surface area contributed by atoms with Gasteiger partial charge in [0, 0.05) is 26.2 Å². The van der Waals surface area contributed by atoms with Gasteiger partial charge in [0.15, 0.2) is 0 Å². The summed E-state index contributed by atoms with van der Waals surface area (Å²) in [6.07, 6.45) is 3.75. The minimum Gasteiger partial charge on any atom is -0.465 e. The minimum atomic E-state index is -0.526. The molecule has 31 heavy (non-hydrogen) atoms. The third kappa shape index (κ3) is 4.30. The Balaban J connectivity index is 1.68. The van der Waals surface area contributed by atoms with Crippen LogP contribution < -0.4 is 10.2 Å². The summed E-state index contributed by atoms with van der Waals surface area (Å²) in [7, 11) is 3.49. The number of rotatable bonds is 5. The van der Waals surface area contributed by atoms with Crippen molar-refractivity contribution < 1.29 is 14.3 Å². The Morgan fingerprint density at radius 1 is 0.968 bits per heavy atom. The van der Waals surface area contributed by atoms with E-state index in [1.807, 2.05) is 24.3 Å². The molecule has 1 aliphatic heterocycles. The molecule has 2 fully saturated rings. The van der Waals surface area contributed by atoms with Crippen LogP contribution in [0.3, 0.4) is 0 Å². The van der Waals surface area contributed by atoms with Gasteiger partial charge in [-0.15, -0.1) is 0 Å². The van der Waals surface area contributed by atoms with Gasteiger partial charge >= 0.3 is 5.97 Å². The highest BCUT2D eigenvalue weighted by Gasteiger charge is 2.43. The Labute approximate surface area is 184 Å². The second-order valence-electron chi connectivity index (χ2n) is 8.62.